The van der Waals surface area contributed by atoms with Crippen LogP contribution in [0, 0.1) is 22.7 Å². The van der Waals surface area contributed by atoms with Crippen LogP contribution in [-0.2, 0) is 4.79 Å². The Bertz CT molecular complexity index is 1870. The summed E-state index contributed by atoms with van der Waals surface area (Å²) in [6.45, 7) is 0. The van der Waals surface area contributed by atoms with Gasteiger partial charge in [-0.1, -0.05) is 12.1 Å². The number of thiophene rings is 2. The standard InChI is InChI=1S/C35H25N3O4S2/c1-41-29-11-7-27(8-12-29)38(28-9-13-30(42-2)14-10-28)26-5-3-23(4-6-26)19-24(21-36)32-17-18-34(44-32)33-16-15-31(43-33)20-25(22-37)35(39)40/h3-20H,1-2H3,(H,39,40)/b24-19+,25-20-. The van der Waals surface area contributed by atoms with Gasteiger partial charge in [0.1, 0.15) is 29.2 Å². The second kappa shape index (κ2) is 13.6. The number of carbonyl (C=O) groups is 1. The fourth-order valence-corrected chi connectivity index (χ4v) is 6.43. The number of aliphatic carboxylic acids is 1. The van der Waals surface area contributed by atoms with Crippen molar-refractivity contribution in [3.8, 4) is 33.4 Å². The summed E-state index contributed by atoms with van der Waals surface area (Å²) in [4.78, 5) is 16.7. The van der Waals surface area contributed by atoms with Gasteiger partial charge in [-0.3, -0.25) is 0 Å². The predicted octanol–water partition coefficient (Wildman–Crippen LogP) is 9.02. The molecule has 2 heterocycles. The third-order valence-electron chi connectivity index (χ3n) is 6.62. The third kappa shape index (κ3) is 6.71. The lowest BCUT2D eigenvalue weighted by molar-refractivity contribution is -0.132. The van der Waals surface area contributed by atoms with Crippen LogP contribution in [0.2, 0.25) is 0 Å². The van der Waals surface area contributed by atoms with Crippen molar-refractivity contribution in [3.63, 3.8) is 0 Å². The van der Waals surface area contributed by atoms with Crippen LogP contribution >= 0.6 is 22.7 Å². The minimum atomic E-state index is -1.26. The fourth-order valence-electron chi connectivity index (χ4n) is 4.42. The Balaban J connectivity index is 1.41. The summed E-state index contributed by atoms with van der Waals surface area (Å²) in [5, 5.41) is 28.2. The van der Waals surface area contributed by atoms with Crippen LogP contribution in [-0.4, -0.2) is 25.3 Å². The van der Waals surface area contributed by atoms with Crippen LogP contribution in [0.5, 0.6) is 11.5 Å². The number of hydrogen-bond donors (Lipinski definition) is 1. The minimum Gasteiger partial charge on any atom is -0.497 e. The number of allylic oxidation sites excluding steroid dienone is 1. The third-order valence-corrected chi connectivity index (χ3v) is 8.97. The van der Waals surface area contributed by atoms with Crippen molar-refractivity contribution in [1.82, 2.24) is 0 Å². The second-order valence-electron chi connectivity index (χ2n) is 9.33. The van der Waals surface area contributed by atoms with Crippen LogP contribution in [0.15, 0.2) is 103 Å². The molecule has 5 rings (SSSR count). The summed E-state index contributed by atoms with van der Waals surface area (Å²) in [6, 6.07) is 35.2. The highest BCUT2D eigenvalue weighted by molar-refractivity contribution is 7.23. The number of rotatable bonds is 10. The lowest BCUT2D eigenvalue weighted by atomic mass is 10.1. The molecule has 0 spiro atoms. The number of carboxylic acid groups (broad SMARTS) is 1. The SMILES string of the molecule is COc1ccc(N(c2ccc(/C=C(\C#N)c3ccc(-c4ccc(/C=C(/C#N)C(=O)O)s4)s3)cc2)c2ccc(OC)cc2)cc1. The van der Waals surface area contributed by atoms with E-state index in [2.05, 4.69) is 11.0 Å². The average molecular weight is 616 g/mol. The lowest BCUT2D eigenvalue weighted by Crippen LogP contribution is -2.09. The van der Waals surface area contributed by atoms with Gasteiger partial charge in [0.25, 0.3) is 0 Å². The van der Waals surface area contributed by atoms with E-state index in [1.165, 1.54) is 28.7 Å². The van der Waals surface area contributed by atoms with E-state index in [0.29, 0.717) is 10.5 Å². The average Bonchev–Trinajstić information content (AvgIpc) is 3.74. The van der Waals surface area contributed by atoms with Gasteiger partial charge in [0.2, 0.25) is 0 Å². The normalized spacial score (nSPS) is 11.4. The molecular weight excluding hydrogens is 591 g/mol. The Morgan fingerprint density at radius 1 is 0.705 bits per heavy atom. The quantitative estimate of drug-likeness (QED) is 0.123. The molecule has 216 valence electrons. The topological polar surface area (TPSA) is 107 Å². The lowest BCUT2D eigenvalue weighted by Gasteiger charge is -2.26. The highest BCUT2D eigenvalue weighted by atomic mass is 32.1. The van der Waals surface area contributed by atoms with E-state index in [0.717, 1.165) is 48.8 Å². The molecule has 7 nitrogen and oxygen atoms in total. The zero-order valence-corrected chi connectivity index (χ0v) is 25.4. The molecule has 3 aromatic carbocycles. The molecule has 0 bridgehead atoms. The van der Waals surface area contributed by atoms with Crippen molar-refractivity contribution in [1.29, 1.82) is 10.5 Å². The van der Waals surface area contributed by atoms with E-state index >= 15 is 0 Å². The molecule has 0 aliphatic rings. The van der Waals surface area contributed by atoms with Gasteiger partial charge in [-0.15, -0.1) is 22.7 Å². The molecule has 5 aromatic rings. The number of benzene rings is 3. The van der Waals surface area contributed by atoms with Gasteiger partial charge in [-0.25, -0.2) is 4.79 Å². The molecule has 0 aliphatic heterocycles. The summed E-state index contributed by atoms with van der Waals surface area (Å²) >= 11 is 2.87. The predicted molar refractivity (Wildman–Crippen MR) is 177 cm³/mol. The number of ether oxygens (including phenoxy) is 2. The van der Waals surface area contributed by atoms with Crippen LogP contribution in [0.4, 0.5) is 17.1 Å². The number of nitriles is 2. The monoisotopic (exact) mass is 615 g/mol. The molecule has 0 aliphatic carbocycles. The summed E-state index contributed by atoms with van der Waals surface area (Å²) in [5.74, 6) is 0.284. The van der Waals surface area contributed by atoms with Crippen molar-refractivity contribution in [2.45, 2.75) is 0 Å². The number of carboxylic acids is 1. The first-order valence-corrected chi connectivity index (χ1v) is 14.9. The Hall–Kier alpha value is -5.61. The fraction of sp³-hybridized carbons (Fsp3) is 0.0571. The molecule has 0 amide bonds. The molecule has 0 fully saturated rings. The number of methoxy groups -OCH3 is 2. The van der Waals surface area contributed by atoms with E-state index < -0.39 is 5.97 Å². The molecular formula is C35H25N3O4S2. The first-order valence-electron chi connectivity index (χ1n) is 13.3. The van der Waals surface area contributed by atoms with Gasteiger partial charge >= 0.3 is 5.97 Å². The number of nitrogens with zero attached hydrogens (tertiary/aromatic N) is 3. The minimum absolute atomic E-state index is 0.317. The van der Waals surface area contributed by atoms with Crippen molar-refractivity contribution < 1.29 is 19.4 Å². The molecule has 2 aromatic heterocycles. The molecule has 1 N–H and O–H groups in total. The second-order valence-corrected chi connectivity index (χ2v) is 11.5. The van der Waals surface area contributed by atoms with Crippen LogP contribution < -0.4 is 14.4 Å². The zero-order valence-electron chi connectivity index (χ0n) is 23.7. The van der Waals surface area contributed by atoms with Crippen LogP contribution in [0.1, 0.15) is 15.3 Å². The maximum atomic E-state index is 11.2. The zero-order chi connectivity index (χ0) is 31.1. The van der Waals surface area contributed by atoms with E-state index in [9.17, 15) is 10.1 Å². The highest BCUT2D eigenvalue weighted by Crippen LogP contribution is 2.38. The van der Waals surface area contributed by atoms with Gasteiger partial charge < -0.3 is 19.5 Å². The Morgan fingerprint density at radius 3 is 1.73 bits per heavy atom. The van der Waals surface area contributed by atoms with Gasteiger partial charge in [-0.2, -0.15) is 10.5 Å². The number of hydrogen-bond acceptors (Lipinski definition) is 8. The maximum Gasteiger partial charge on any atom is 0.346 e. The van der Waals surface area contributed by atoms with Gasteiger partial charge in [0, 0.05) is 36.6 Å². The molecule has 0 atom stereocenters. The molecule has 0 saturated heterocycles. The molecule has 0 saturated carbocycles. The van der Waals surface area contributed by atoms with Crippen molar-refractivity contribution in [2.75, 3.05) is 19.1 Å². The van der Waals surface area contributed by atoms with Gasteiger partial charge in [-0.05, 0) is 103 Å². The first kappa shape index (κ1) is 29.9. The van der Waals surface area contributed by atoms with Crippen molar-refractivity contribution >= 4 is 63.4 Å². The van der Waals surface area contributed by atoms with Crippen molar-refractivity contribution in [3.05, 3.63) is 118 Å². The molecule has 0 unspecified atom stereocenters. The van der Waals surface area contributed by atoms with Crippen molar-refractivity contribution in [2.24, 2.45) is 0 Å². The molecule has 9 heteroatoms. The smallest absolute Gasteiger partial charge is 0.346 e. The number of anilines is 3. The molecule has 44 heavy (non-hydrogen) atoms. The van der Waals surface area contributed by atoms with Gasteiger partial charge in [0.05, 0.1) is 19.8 Å². The Kier molecular flexibility index (Phi) is 9.22. The van der Waals surface area contributed by atoms with Gasteiger partial charge in [0.15, 0.2) is 0 Å². The first-order chi connectivity index (χ1) is 21.4. The Morgan fingerprint density at radius 2 is 1.23 bits per heavy atom. The van der Waals surface area contributed by atoms with E-state index in [4.69, 9.17) is 19.8 Å². The summed E-state index contributed by atoms with van der Waals surface area (Å²) in [6.07, 6.45) is 3.22. The van der Waals surface area contributed by atoms with Crippen LogP contribution in [0.3, 0.4) is 0 Å². The van der Waals surface area contributed by atoms with E-state index in [-0.39, 0.29) is 5.57 Å². The Labute approximate surface area is 263 Å². The largest absolute Gasteiger partial charge is 0.497 e. The van der Waals surface area contributed by atoms with Crippen LogP contribution in [0.25, 0.3) is 27.5 Å². The summed E-state index contributed by atoms with van der Waals surface area (Å²) in [5.41, 5.74) is 3.96. The summed E-state index contributed by atoms with van der Waals surface area (Å²) in [7, 11) is 3.28. The summed E-state index contributed by atoms with van der Waals surface area (Å²) < 4.78 is 10.7. The maximum absolute atomic E-state index is 11.2. The van der Waals surface area contributed by atoms with E-state index in [1.54, 1.807) is 26.4 Å². The highest BCUT2D eigenvalue weighted by Gasteiger charge is 2.14. The molecule has 0 radical (unpaired) electrons. The van der Waals surface area contributed by atoms with E-state index in [1.807, 2.05) is 97.1 Å².